The molecule has 0 saturated heterocycles. The van der Waals surface area contributed by atoms with E-state index in [1.54, 1.807) is 0 Å². The lowest BCUT2D eigenvalue weighted by Gasteiger charge is -2.54. The fourth-order valence-electron chi connectivity index (χ4n) is 5.55. The topological polar surface area (TPSA) is 92.7 Å². The van der Waals surface area contributed by atoms with Gasteiger partial charge in [0, 0.05) is 12.3 Å². The minimum atomic E-state index is -1.14. The number of rotatable bonds is 12. The van der Waals surface area contributed by atoms with Crippen molar-refractivity contribution in [1.29, 1.82) is 0 Å². The van der Waals surface area contributed by atoms with Crippen LogP contribution in [0.5, 0.6) is 0 Å². The molecular formula is C30H58O8. The van der Waals surface area contributed by atoms with Crippen LogP contribution in [0.3, 0.4) is 0 Å². The minimum Gasteiger partial charge on any atom is -0.479 e. The van der Waals surface area contributed by atoms with E-state index in [0.29, 0.717) is 25.2 Å². The van der Waals surface area contributed by atoms with Gasteiger partial charge in [-0.05, 0) is 104 Å². The van der Waals surface area contributed by atoms with Crippen LogP contribution in [0.1, 0.15) is 130 Å². The lowest BCUT2D eigenvalue weighted by molar-refractivity contribution is -0.564. The van der Waals surface area contributed by atoms with Crippen LogP contribution in [-0.2, 0) is 34.1 Å². The summed E-state index contributed by atoms with van der Waals surface area (Å²) in [5.41, 5.74) is -2.16. The van der Waals surface area contributed by atoms with Crippen LogP contribution in [0.2, 0.25) is 0 Å². The quantitative estimate of drug-likeness (QED) is 0.150. The Morgan fingerprint density at radius 3 is 1.68 bits per heavy atom. The number of aliphatic carboxylic acids is 1. The highest BCUT2D eigenvalue weighted by Gasteiger charge is 2.58. The van der Waals surface area contributed by atoms with Gasteiger partial charge in [-0.25, -0.2) is 24.3 Å². The third-order valence-corrected chi connectivity index (χ3v) is 6.64. The Morgan fingerprint density at radius 2 is 1.29 bits per heavy atom. The Bertz CT molecular complexity index is 736. The first-order valence-corrected chi connectivity index (χ1v) is 14.1. The average Bonchev–Trinajstić information content (AvgIpc) is 2.64. The van der Waals surface area contributed by atoms with Gasteiger partial charge in [0.25, 0.3) is 0 Å². The van der Waals surface area contributed by atoms with Crippen molar-refractivity contribution in [2.24, 2.45) is 28.6 Å². The summed E-state index contributed by atoms with van der Waals surface area (Å²) < 4.78 is 0. The minimum absolute atomic E-state index is 0.104. The molecule has 1 fully saturated rings. The largest absolute Gasteiger partial charge is 0.479 e. The van der Waals surface area contributed by atoms with Crippen molar-refractivity contribution in [2.45, 2.75) is 158 Å². The molecule has 0 aromatic heterocycles. The van der Waals surface area contributed by atoms with E-state index in [2.05, 4.69) is 34.6 Å². The van der Waals surface area contributed by atoms with Crippen molar-refractivity contribution in [1.82, 2.24) is 0 Å². The molecule has 0 amide bonds. The van der Waals surface area contributed by atoms with Gasteiger partial charge in [-0.15, -0.1) is 0 Å². The molecule has 8 heteroatoms. The van der Waals surface area contributed by atoms with E-state index in [1.165, 1.54) is 0 Å². The van der Waals surface area contributed by atoms with Crippen molar-refractivity contribution >= 4 is 5.97 Å². The smallest absolute Gasteiger partial charge is 0.336 e. The summed E-state index contributed by atoms with van der Waals surface area (Å²) in [6, 6.07) is 0. The highest BCUT2D eigenvalue weighted by Crippen LogP contribution is 2.56. The predicted octanol–water partition coefficient (Wildman–Crippen LogP) is 7.89. The Balaban J connectivity index is 3.34. The fourth-order valence-corrected chi connectivity index (χ4v) is 5.55. The van der Waals surface area contributed by atoms with Gasteiger partial charge in [0.1, 0.15) is 0 Å². The highest BCUT2D eigenvalue weighted by molar-refractivity contribution is 5.72. The first-order chi connectivity index (χ1) is 16.8. The SMILES string of the molecule is CC1CC(C)(C)C(CC(C)(C)CC(C)C(OOC(C)(C)C)C(=O)O)C(OOC(C)(C)C)(OOC(C)(C)C)C1. The van der Waals surface area contributed by atoms with Crippen LogP contribution in [0.25, 0.3) is 0 Å². The summed E-state index contributed by atoms with van der Waals surface area (Å²) in [6.45, 7) is 30.0. The Kier molecular flexibility index (Phi) is 11.5. The second-order valence-electron chi connectivity index (χ2n) is 16.0. The summed E-state index contributed by atoms with van der Waals surface area (Å²) in [4.78, 5) is 47.3. The number of carboxylic acids is 1. The second-order valence-corrected chi connectivity index (χ2v) is 16.0. The zero-order chi connectivity index (χ0) is 30.0. The zero-order valence-corrected chi connectivity index (χ0v) is 26.9. The van der Waals surface area contributed by atoms with Crippen molar-refractivity contribution in [3.8, 4) is 0 Å². The maximum atomic E-state index is 12.1. The van der Waals surface area contributed by atoms with Gasteiger partial charge >= 0.3 is 5.97 Å². The molecule has 1 N–H and O–H groups in total. The Labute approximate surface area is 232 Å². The first kappa shape index (κ1) is 35.3. The average molecular weight is 547 g/mol. The monoisotopic (exact) mass is 546 g/mol. The summed E-state index contributed by atoms with van der Waals surface area (Å²) in [5.74, 6) is -2.27. The standard InChI is InChI=1S/C30H58O8/c1-20-16-29(14,15)22(30(17-20,37-35-26(6,7)8)38-36-27(9,10)11)19-28(12,13)18-21(2)23(24(31)32)33-34-25(3,4)5/h20-23H,16-19H2,1-15H3,(H,31,32). The predicted molar refractivity (Wildman–Crippen MR) is 148 cm³/mol. The zero-order valence-electron chi connectivity index (χ0n) is 26.9. The van der Waals surface area contributed by atoms with Gasteiger partial charge in [0.05, 0.1) is 16.8 Å². The molecule has 4 unspecified atom stereocenters. The molecule has 38 heavy (non-hydrogen) atoms. The molecule has 1 rings (SSSR count). The van der Waals surface area contributed by atoms with Crippen LogP contribution >= 0.6 is 0 Å². The molecule has 1 aliphatic carbocycles. The molecule has 226 valence electrons. The molecule has 1 saturated carbocycles. The lowest BCUT2D eigenvalue weighted by Crippen LogP contribution is -2.57. The second kappa shape index (κ2) is 12.4. The van der Waals surface area contributed by atoms with E-state index in [1.807, 2.05) is 69.2 Å². The van der Waals surface area contributed by atoms with Crippen LogP contribution in [0, 0.1) is 28.6 Å². The summed E-state index contributed by atoms with van der Waals surface area (Å²) in [5, 5.41) is 9.87. The van der Waals surface area contributed by atoms with Gasteiger partial charge in [0.2, 0.25) is 5.79 Å². The van der Waals surface area contributed by atoms with Gasteiger partial charge < -0.3 is 5.11 Å². The van der Waals surface area contributed by atoms with E-state index in [9.17, 15) is 9.90 Å². The first-order valence-electron chi connectivity index (χ1n) is 14.1. The fraction of sp³-hybridized carbons (Fsp3) is 0.967. The van der Waals surface area contributed by atoms with Crippen LogP contribution < -0.4 is 0 Å². The molecule has 0 aromatic carbocycles. The van der Waals surface area contributed by atoms with E-state index in [4.69, 9.17) is 29.3 Å². The van der Waals surface area contributed by atoms with Crippen LogP contribution in [0.4, 0.5) is 0 Å². The van der Waals surface area contributed by atoms with Gasteiger partial charge in [-0.2, -0.15) is 9.78 Å². The van der Waals surface area contributed by atoms with Gasteiger partial charge in [0.15, 0.2) is 6.10 Å². The van der Waals surface area contributed by atoms with Gasteiger partial charge in [-0.1, -0.05) is 41.5 Å². The lowest BCUT2D eigenvalue weighted by atomic mass is 9.58. The van der Waals surface area contributed by atoms with Crippen molar-refractivity contribution in [3.63, 3.8) is 0 Å². The summed E-state index contributed by atoms with van der Waals surface area (Å²) in [6.07, 6.45) is 1.81. The maximum absolute atomic E-state index is 12.1. The molecule has 0 aliphatic heterocycles. The maximum Gasteiger partial charge on any atom is 0.336 e. The molecule has 0 spiro atoms. The normalized spacial score (nSPS) is 24.2. The van der Waals surface area contributed by atoms with Crippen molar-refractivity contribution < 1.29 is 39.2 Å². The number of hydrogen-bond donors (Lipinski definition) is 1. The Hall–Kier alpha value is -0.770. The molecule has 0 radical (unpaired) electrons. The van der Waals surface area contributed by atoms with Crippen molar-refractivity contribution in [2.75, 3.05) is 0 Å². The molecular weight excluding hydrogens is 488 g/mol. The molecule has 1 aliphatic rings. The molecule has 0 aromatic rings. The molecule has 8 nitrogen and oxygen atoms in total. The third-order valence-electron chi connectivity index (χ3n) is 6.64. The van der Waals surface area contributed by atoms with E-state index in [0.717, 1.165) is 6.42 Å². The molecule has 4 atom stereocenters. The number of carboxylic acid groups (broad SMARTS) is 1. The number of carbonyl (C=O) groups is 1. The summed E-state index contributed by atoms with van der Waals surface area (Å²) in [7, 11) is 0. The molecule has 0 heterocycles. The number of hydrogen-bond acceptors (Lipinski definition) is 7. The van der Waals surface area contributed by atoms with E-state index < -0.39 is 34.7 Å². The Morgan fingerprint density at radius 1 is 0.842 bits per heavy atom. The third kappa shape index (κ3) is 11.8. The van der Waals surface area contributed by atoms with E-state index >= 15 is 0 Å². The summed E-state index contributed by atoms with van der Waals surface area (Å²) >= 11 is 0. The van der Waals surface area contributed by atoms with Crippen LogP contribution in [-0.4, -0.2) is 39.8 Å². The highest BCUT2D eigenvalue weighted by atomic mass is 17.3. The van der Waals surface area contributed by atoms with Crippen molar-refractivity contribution in [3.05, 3.63) is 0 Å². The van der Waals surface area contributed by atoms with Crippen LogP contribution in [0.15, 0.2) is 0 Å². The van der Waals surface area contributed by atoms with Gasteiger partial charge in [-0.3, -0.25) is 0 Å². The van der Waals surface area contributed by atoms with E-state index in [-0.39, 0.29) is 22.7 Å². The molecule has 0 bridgehead atoms.